The van der Waals surface area contributed by atoms with Gasteiger partial charge in [0.25, 0.3) is 5.91 Å². The van der Waals surface area contributed by atoms with Gasteiger partial charge < -0.3 is 15.4 Å². The number of benzene rings is 1. The van der Waals surface area contributed by atoms with E-state index in [-0.39, 0.29) is 17.6 Å². The van der Waals surface area contributed by atoms with Crippen molar-refractivity contribution in [2.45, 2.75) is 38.0 Å². The van der Waals surface area contributed by atoms with Gasteiger partial charge in [0, 0.05) is 56.5 Å². The van der Waals surface area contributed by atoms with Crippen molar-refractivity contribution >= 4 is 23.1 Å². The monoisotopic (exact) mass is 530 g/mol. The summed E-state index contributed by atoms with van der Waals surface area (Å²) < 4.78 is 35.0. The Labute approximate surface area is 224 Å². The summed E-state index contributed by atoms with van der Waals surface area (Å²) in [6, 6.07) is 10.6. The number of alkyl halides is 1. The zero-order chi connectivity index (χ0) is 26.5. The summed E-state index contributed by atoms with van der Waals surface area (Å²) >= 11 is 0. The van der Waals surface area contributed by atoms with Crippen molar-refractivity contribution in [3.63, 3.8) is 0 Å². The number of aromatic nitrogens is 3. The van der Waals surface area contributed by atoms with Crippen LogP contribution in [0.25, 0.3) is 16.9 Å². The van der Waals surface area contributed by atoms with Gasteiger partial charge in [-0.15, -0.1) is 0 Å². The second-order valence-corrected chi connectivity index (χ2v) is 10.5. The van der Waals surface area contributed by atoms with Crippen molar-refractivity contribution in [3.05, 3.63) is 77.0 Å². The van der Waals surface area contributed by atoms with Gasteiger partial charge in [-0.05, 0) is 42.2 Å². The lowest BCUT2D eigenvalue weighted by Crippen LogP contribution is -2.23. The van der Waals surface area contributed by atoms with Gasteiger partial charge in [0.05, 0.1) is 35.4 Å². The Morgan fingerprint density at radius 1 is 1.18 bits per heavy atom. The average Bonchev–Trinajstić information content (AvgIpc) is 3.73. The molecule has 2 fully saturated rings. The van der Waals surface area contributed by atoms with Gasteiger partial charge in [-0.1, -0.05) is 12.1 Å². The molecule has 0 aliphatic carbocycles. The van der Waals surface area contributed by atoms with E-state index in [2.05, 4.69) is 26.6 Å². The minimum Gasteiger partial charge on any atom is -0.381 e. The first-order chi connectivity index (χ1) is 19.0. The summed E-state index contributed by atoms with van der Waals surface area (Å²) in [4.78, 5) is 24.4. The van der Waals surface area contributed by atoms with E-state index < -0.39 is 6.17 Å². The summed E-state index contributed by atoms with van der Waals surface area (Å²) in [7, 11) is 0. The quantitative estimate of drug-likeness (QED) is 0.380. The Balaban J connectivity index is 1.24. The van der Waals surface area contributed by atoms with Crippen molar-refractivity contribution in [2.24, 2.45) is 0 Å². The lowest BCUT2D eigenvalue weighted by atomic mass is 9.96. The van der Waals surface area contributed by atoms with Crippen molar-refractivity contribution < 1.29 is 18.3 Å². The van der Waals surface area contributed by atoms with Gasteiger partial charge in [-0.2, -0.15) is 0 Å². The number of amides is 1. The fourth-order valence-corrected chi connectivity index (χ4v) is 5.99. The third-order valence-electron chi connectivity index (χ3n) is 7.95. The van der Waals surface area contributed by atoms with E-state index in [1.54, 1.807) is 12.4 Å². The second-order valence-electron chi connectivity index (χ2n) is 10.5. The Kier molecular flexibility index (Phi) is 6.01. The minimum atomic E-state index is -0.795. The average molecular weight is 531 g/mol. The number of rotatable bonds is 6. The number of ether oxygens (including phenoxy) is 1. The van der Waals surface area contributed by atoms with E-state index in [0.29, 0.717) is 61.9 Å². The molecule has 10 heteroatoms. The number of likely N-dealkylation sites (tertiary alicyclic amines) is 1. The van der Waals surface area contributed by atoms with Gasteiger partial charge >= 0.3 is 0 Å². The molecule has 8 nitrogen and oxygen atoms in total. The number of pyridine rings is 2. The van der Waals surface area contributed by atoms with Crippen molar-refractivity contribution in [1.29, 1.82) is 0 Å². The molecule has 0 bridgehead atoms. The van der Waals surface area contributed by atoms with E-state index in [9.17, 15) is 13.6 Å². The molecule has 0 spiro atoms. The molecule has 3 aromatic heterocycles. The molecule has 0 saturated carbocycles. The topological polar surface area (TPSA) is 83.8 Å². The molecule has 3 aliphatic heterocycles. The largest absolute Gasteiger partial charge is 0.381 e. The van der Waals surface area contributed by atoms with Crippen LogP contribution in [0, 0.1) is 5.82 Å². The summed E-state index contributed by atoms with van der Waals surface area (Å²) in [6.07, 6.45) is 4.03. The maximum Gasteiger partial charge on any atom is 0.254 e. The highest BCUT2D eigenvalue weighted by Gasteiger charge is 2.29. The van der Waals surface area contributed by atoms with Crippen LogP contribution in [0.4, 0.5) is 20.3 Å². The molecule has 1 amide bonds. The highest BCUT2D eigenvalue weighted by molar-refractivity contribution is 6.06. The lowest BCUT2D eigenvalue weighted by molar-refractivity contribution is 0.0966. The predicted octanol–water partition coefficient (Wildman–Crippen LogP) is 4.57. The van der Waals surface area contributed by atoms with E-state index in [4.69, 9.17) is 9.72 Å². The summed E-state index contributed by atoms with van der Waals surface area (Å²) in [5.74, 6) is 0.385. The standard InChI is InChI=1S/C29H28F2N6O2/c30-18-6-9-37-25(13-32-27(37)11-18)21-1-3-23(28-22(21)12-33-29(28)38)34-26-4-2-20(17-7-10-39-16-17)24(35-26)15-36-8-5-19(31)14-36/h1-4,6,9,11,13,17,19H,5,7-8,10,12,14-16H2,(H,33,38)(H,34,35)/t17-,19-/m1/s1. The molecule has 39 heavy (non-hydrogen) atoms. The van der Waals surface area contributed by atoms with Crippen LogP contribution in [0.5, 0.6) is 0 Å². The molecule has 0 radical (unpaired) electrons. The molecule has 0 unspecified atom stereocenters. The highest BCUT2D eigenvalue weighted by atomic mass is 19.1. The van der Waals surface area contributed by atoms with Gasteiger partial charge in [-0.25, -0.2) is 18.7 Å². The molecular weight excluding hydrogens is 502 g/mol. The van der Waals surface area contributed by atoms with E-state index in [0.717, 1.165) is 41.1 Å². The molecule has 2 atom stereocenters. The van der Waals surface area contributed by atoms with Crippen LogP contribution < -0.4 is 10.6 Å². The van der Waals surface area contributed by atoms with Crippen molar-refractivity contribution in [3.8, 4) is 11.3 Å². The van der Waals surface area contributed by atoms with E-state index in [1.165, 1.54) is 12.1 Å². The number of anilines is 2. The number of nitrogens with zero attached hydrogens (tertiary/aromatic N) is 4. The number of carbonyl (C=O) groups is 1. The summed E-state index contributed by atoms with van der Waals surface area (Å²) in [6.45, 7) is 3.49. The van der Waals surface area contributed by atoms with Crippen LogP contribution in [-0.4, -0.2) is 57.7 Å². The van der Waals surface area contributed by atoms with Crippen molar-refractivity contribution in [2.75, 3.05) is 31.6 Å². The first-order valence-electron chi connectivity index (χ1n) is 13.3. The summed E-state index contributed by atoms with van der Waals surface area (Å²) in [5.41, 5.74) is 6.26. The van der Waals surface area contributed by atoms with Crippen LogP contribution in [-0.2, 0) is 17.8 Å². The van der Waals surface area contributed by atoms with E-state index >= 15 is 0 Å². The Bertz CT molecular complexity index is 1580. The number of carbonyl (C=O) groups excluding carboxylic acids is 1. The molecule has 200 valence electrons. The number of hydrogen-bond donors (Lipinski definition) is 2. The molecule has 2 saturated heterocycles. The highest BCUT2D eigenvalue weighted by Crippen LogP contribution is 2.36. The molecular formula is C29H28F2N6O2. The zero-order valence-corrected chi connectivity index (χ0v) is 21.3. The van der Waals surface area contributed by atoms with Crippen LogP contribution >= 0.6 is 0 Å². The van der Waals surface area contributed by atoms with Gasteiger partial charge in [0.2, 0.25) is 0 Å². The number of fused-ring (bicyclic) bond motifs is 2. The van der Waals surface area contributed by atoms with E-state index in [1.807, 2.05) is 22.6 Å². The minimum absolute atomic E-state index is 0.166. The molecule has 7 rings (SSSR count). The number of imidazole rings is 1. The maximum atomic E-state index is 13.9. The van der Waals surface area contributed by atoms with Gasteiger partial charge in [0.1, 0.15) is 23.5 Å². The van der Waals surface area contributed by atoms with Gasteiger partial charge in [0.15, 0.2) is 0 Å². The Hall–Kier alpha value is -3.89. The normalized spacial score (nSPS) is 21.0. The smallest absolute Gasteiger partial charge is 0.254 e. The number of halogens is 2. The molecule has 6 heterocycles. The van der Waals surface area contributed by atoms with Crippen molar-refractivity contribution in [1.82, 2.24) is 24.6 Å². The number of hydrogen-bond acceptors (Lipinski definition) is 6. The maximum absolute atomic E-state index is 13.9. The van der Waals surface area contributed by atoms with Crippen LogP contribution in [0.3, 0.4) is 0 Å². The molecule has 4 aromatic rings. The Morgan fingerprint density at radius 2 is 2.10 bits per heavy atom. The first-order valence-corrected chi connectivity index (χ1v) is 13.3. The predicted molar refractivity (Wildman–Crippen MR) is 142 cm³/mol. The fourth-order valence-electron chi connectivity index (χ4n) is 5.99. The number of nitrogens with one attached hydrogen (secondary N) is 2. The molecule has 1 aromatic carbocycles. The zero-order valence-electron chi connectivity index (χ0n) is 21.3. The summed E-state index contributed by atoms with van der Waals surface area (Å²) in [5, 5.41) is 6.31. The second kappa shape index (κ2) is 9.69. The van der Waals surface area contributed by atoms with Crippen LogP contribution in [0.2, 0.25) is 0 Å². The third kappa shape index (κ3) is 4.43. The molecule has 3 aliphatic rings. The lowest BCUT2D eigenvalue weighted by Gasteiger charge is -2.20. The Morgan fingerprint density at radius 3 is 2.92 bits per heavy atom. The van der Waals surface area contributed by atoms with Crippen LogP contribution in [0.1, 0.15) is 45.9 Å². The van der Waals surface area contributed by atoms with Crippen LogP contribution in [0.15, 0.2) is 48.8 Å². The molecule has 2 N–H and O–H groups in total. The fraction of sp³-hybridized carbons (Fsp3) is 0.345. The first kappa shape index (κ1) is 24.2. The SMILES string of the molecule is O=C1NCc2c(-c3cnc4cc(F)ccn34)ccc(Nc3ccc([C@@H]4CCOC4)c(CN4CC[C@@H](F)C4)n3)c21. The third-order valence-corrected chi connectivity index (χ3v) is 7.95. The van der Waals surface area contributed by atoms with Gasteiger partial charge in [-0.3, -0.25) is 14.1 Å².